The maximum Gasteiger partial charge on any atom is 0.185 e. The van der Waals surface area contributed by atoms with E-state index in [1.54, 1.807) is 0 Å². The number of rotatable bonds is 8. The molecule has 0 radical (unpaired) electrons. The second kappa shape index (κ2) is 8.64. The largest absolute Gasteiger partial charge is 0.395 e. The van der Waals surface area contributed by atoms with Crippen LogP contribution in [0.25, 0.3) is 0 Å². The summed E-state index contributed by atoms with van der Waals surface area (Å²) in [5.74, 6) is -2.97. The molecule has 0 bridgehead atoms. The van der Waals surface area contributed by atoms with Crippen molar-refractivity contribution in [3.63, 3.8) is 0 Å². The number of aliphatic hydroxyl groups excluding tert-OH is 1. The van der Waals surface area contributed by atoms with Crippen LogP contribution in [-0.4, -0.2) is 40.1 Å². The third-order valence-electron chi connectivity index (χ3n) is 3.91. The van der Waals surface area contributed by atoms with Crippen LogP contribution in [0.3, 0.4) is 0 Å². The van der Waals surface area contributed by atoms with Gasteiger partial charge in [0.2, 0.25) is 0 Å². The Morgan fingerprint density at radius 3 is 2.19 bits per heavy atom. The van der Waals surface area contributed by atoms with Crippen molar-refractivity contribution in [2.45, 2.75) is 16.6 Å². The summed E-state index contributed by atoms with van der Waals surface area (Å²) in [4.78, 5) is -0.194. The van der Waals surface area contributed by atoms with Crippen molar-refractivity contribution in [1.29, 1.82) is 0 Å². The zero-order chi connectivity index (χ0) is 20.2. The van der Waals surface area contributed by atoms with E-state index in [9.17, 15) is 25.6 Å². The van der Waals surface area contributed by atoms with Crippen molar-refractivity contribution in [3.05, 3.63) is 64.7 Å². The van der Waals surface area contributed by atoms with Gasteiger partial charge in [-0.25, -0.2) is 25.6 Å². The Hall–Kier alpha value is -1.55. The molecule has 148 valence electrons. The highest BCUT2D eigenvalue weighted by Gasteiger charge is 2.33. The molecule has 1 N–H and O–H groups in total. The first-order chi connectivity index (χ1) is 12.6. The maximum absolute atomic E-state index is 14.3. The molecule has 0 aliphatic rings. The van der Waals surface area contributed by atoms with Gasteiger partial charge < -0.3 is 5.11 Å². The minimum Gasteiger partial charge on any atom is -0.395 e. The van der Waals surface area contributed by atoms with Gasteiger partial charge in [-0.1, -0.05) is 11.6 Å². The van der Waals surface area contributed by atoms with Crippen molar-refractivity contribution < 1.29 is 30.7 Å². The van der Waals surface area contributed by atoms with Crippen LogP contribution >= 0.6 is 11.6 Å². The van der Waals surface area contributed by atoms with Crippen LogP contribution in [0.4, 0.5) is 8.78 Å². The molecule has 27 heavy (non-hydrogen) atoms. The number of aliphatic hydroxyl groups is 1. The molecule has 2 rings (SSSR count). The molecule has 2 aromatic rings. The minimum atomic E-state index is -4.24. The van der Waals surface area contributed by atoms with Gasteiger partial charge in [-0.2, -0.15) is 0 Å². The predicted molar refractivity (Wildman–Crippen MR) is 98.1 cm³/mol. The molecule has 5 nitrogen and oxygen atoms in total. The first-order valence-electron chi connectivity index (χ1n) is 7.82. The lowest BCUT2D eigenvalue weighted by atomic mass is 10.1. The van der Waals surface area contributed by atoms with Crippen LogP contribution in [0.1, 0.15) is 17.2 Å². The van der Waals surface area contributed by atoms with Crippen LogP contribution in [0.5, 0.6) is 0 Å². The summed E-state index contributed by atoms with van der Waals surface area (Å²) < 4.78 is 77.7. The molecule has 0 fully saturated rings. The van der Waals surface area contributed by atoms with Gasteiger partial charge in [0.25, 0.3) is 0 Å². The molecule has 10 heteroatoms. The maximum atomic E-state index is 14.3. The highest BCUT2D eigenvalue weighted by Crippen LogP contribution is 2.34. The van der Waals surface area contributed by atoms with E-state index in [0.29, 0.717) is 0 Å². The molecular formula is C17H17ClF2O5S2. The fourth-order valence-electron chi connectivity index (χ4n) is 2.56. The van der Waals surface area contributed by atoms with Gasteiger partial charge in [-0.05, 0) is 48.9 Å². The third kappa shape index (κ3) is 5.47. The monoisotopic (exact) mass is 438 g/mol. The molecule has 0 heterocycles. The lowest BCUT2D eigenvalue weighted by molar-refractivity contribution is 0.319. The van der Waals surface area contributed by atoms with Crippen LogP contribution in [0, 0.1) is 11.6 Å². The van der Waals surface area contributed by atoms with E-state index < -0.39 is 66.7 Å². The molecule has 0 aromatic heterocycles. The van der Waals surface area contributed by atoms with Crippen LogP contribution in [0.2, 0.25) is 5.02 Å². The van der Waals surface area contributed by atoms with Gasteiger partial charge in [0.05, 0.1) is 28.3 Å². The number of hydrogen-bond donors (Lipinski definition) is 1. The second-order valence-corrected chi connectivity index (χ2v) is 10.7. The molecule has 0 spiro atoms. The average Bonchev–Trinajstić information content (AvgIpc) is 2.58. The van der Waals surface area contributed by atoms with Crippen molar-refractivity contribution in [1.82, 2.24) is 0 Å². The molecule has 0 aliphatic heterocycles. The van der Waals surface area contributed by atoms with E-state index in [1.807, 2.05) is 0 Å². The summed E-state index contributed by atoms with van der Waals surface area (Å²) in [5, 5.41) is 7.47. The van der Waals surface area contributed by atoms with Crippen molar-refractivity contribution in [2.75, 3.05) is 18.1 Å². The summed E-state index contributed by atoms with van der Waals surface area (Å²) >= 11 is 5.75. The van der Waals surface area contributed by atoms with Crippen LogP contribution in [0.15, 0.2) is 47.4 Å². The quantitative estimate of drug-likeness (QED) is 0.684. The zero-order valence-electron chi connectivity index (χ0n) is 14.0. The van der Waals surface area contributed by atoms with E-state index in [0.717, 1.165) is 18.2 Å². The van der Waals surface area contributed by atoms with E-state index in [4.69, 9.17) is 16.7 Å². The molecule has 0 amide bonds. The number of sulfone groups is 2. The van der Waals surface area contributed by atoms with E-state index >= 15 is 0 Å². The standard InChI is InChI=1S/C17H17ClF2O5S2/c18-12-1-4-14(5-2-12)27(24,25)17(7-9-26(22,23)10-8-21)15-11-13(19)3-6-16(15)20/h1-6,11,17,21H,7-10H2. The molecule has 0 saturated carbocycles. The fraction of sp³-hybridized carbons (Fsp3) is 0.294. The Balaban J connectivity index is 2.52. The molecule has 2 aromatic carbocycles. The van der Waals surface area contributed by atoms with Crippen molar-refractivity contribution in [3.8, 4) is 0 Å². The zero-order valence-corrected chi connectivity index (χ0v) is 16.4. The summed E-state index contributed by atoms with van der Waals surface area (Å²) in [6.45, 7) is -0.620. The highest BCUT2D eigenvalue weighted by molar-refractivity contribution is 7.92. The third-order valence-corrected chi connectivity index (χ3v) is 8.00. The Labute approximate surface area is 161 Å². The fourth-order valence-corrected chi connectivity index (χ4v) is 5.69. The first kappa shape index (κ1) is 21.7. The van der Waals surface area contributed by atoms with Crippen molar-refractivity contribution >= 4 is 31.3 Å². The smallest absolute Gasteiger partial charge is 0.185 e. The molecule has 1 unspecified atom stereocenters. The minimum absolute atomic E-state index is 0.194. The first-order valence-corrected chi connectivity index (χ1v) is 11.6. The van der Waals surface area contributed by atoms with E-state index in [2.05, 4.69) is 0 Å². The molecular weight excluding hydrogens is 422 g/mol. The topological polar surface area (TPSA) is 88.5 Å². The Morgan fingerprint density at radius 2 is 1.59 bits per heavy atom. The highest BCUT2D eigenvalue weighted by atomic mass is 35.5. The molecule has 0 saturated heterocycles. The Kier molecular flexibility index (Phi) is 6.96. The summed E-state index contributed by atoms with van der Waals surface area (Å²) in [6.07, 6.45) is -0.492. The second-order valence-electron chi connectivity index (χ2n) is 5.82. The van der Waals surface area contributed by atoms with Crippen LogP contribution in [-0.2, 0) is 19.7 Å². The normalized spacial score (nSPS) is 13.5. The number of halogens is 3. The van der Waals surface area contributed by atoms with Gasteiger partial charge >= 0.3 is 0 Å². The van der Waals surface area contributed by atoms with E-state index in [1.165, 1.54) is 24.3 Å². The Bertz CT molecular complexity index is 1010. The van der Waals surface area contributed by atoms with Gasteiger partial charge in [0, 0.05) is 10.6 Å². The summed E-state index contributed by atoms with van der Waals surface area (Å²) in [6, 6.07) is 7.46. The van der Waals surface area contributed by atoms with Gasteiger partial charge in [0.15, 0.2) is 19.7 Å². The molecule has 1 atom stereocenters. The van der Waals surface area contributed by atoms with Crippen molar-refractivity contribution in [2.24, 2.45) is 0 Å². The molecule has 0 aliphatic carbocycles. The predicted octanol–water partition coefficient (Wildman–Crippen LogP) is 2.93. The van der Waals surface area contributed by atoms with Gasteiger partial charge in [-0.15, -0.1) is 0 Å². The lowest BCUT2D eigenvalue weighted by Gasteiger charge is -2.19. The summed E-state index contributed by atoms with van der Waals surface area (Å²) in [7, 11) is -8.00. The Morgan fingerprint density at radius 1 is 0.963 bits per heavy atom. The van der Waals surface area contributed by atoms with Crippen LogP contribution < -0.4 is 0 Å². The van der Waals surface area contributed by atoms with E-state index in [-0.39, 0.29) is 9.92 Å². The average molecular weight is 439 g/mol. The number of benzene rings is 2. The lowest BCUT2D eigenvalue weighted by Crippen LogP contribution is -2.21. The summed E-state index contributed by atoms with van der Waals surface area (Å²) in [5.41, 5.74) is -0.454. The van der Waals surface area contributed by atoms with Gasteiger partial charge in [0.1, 0.15) is 11.6 Å². The van der Waals surface area contributed by atoms with Gasteiger partial charge in [-0.3, -0.25) is 0 Å². The SMILES string of the molecule is O=S(=O)(CCO)CCC(c1cc(F)ccc1F)S(=O)(=O)c1ccc(Cl)cc1. The number of hydrogen-bond acceptors (Lipinski definition) is 5.